The predicted octanol–water partition coefficient (Wildman–Crippen LogP) is 4.20. The van der Waals surface area contributed by atoms with Crippen LogP contribution in [0.3, 0.4) is 0 Å². The first-order valence-electron chi connectivity index (χ1n) is 7.22. The number of nitrogens with zero attached hydrogens (tertiary/aromatic N) is 2. The summed E-state index contributed by atoms with van der Waals surface area (Å²) in [4.78, 5) is 0. The molecule has 0 saturated heterocycles. The van der Waals surface area contributed by atoms with Crippen LogP contribution in [0.2, 0.25) is 5.15 Å². The Kier molecular flexibility index (Phi) is 4.45. The van der Waals surface area contributed by atoms with E-state index < -0.39 is 6.10 Å². The molecule has 114 valence electrons. The summed E-state index contributed by atoms with van der Waals surface area (Å²) in [7, 11) is 1.80. The summed E-state index contributed by atoms with van der Waals surface area (Å²) in [5.74, 6) is 0.209. The zero-order chi connectivity index (χ0) is 15.9. The second-order valence-electron chi connectivity index (χ2n) is 6.06. The number of hydrogen-bond acceptors (Lipinski definition) is 2. The van der Waals surface area contributed by atoms with Crippen LogP contribution >= 0.6 is 11.6 Å². The fourth-order valence-corrected chi connectivity index (χ4v) is 2.89. The second-order valence-corrected chi connectivity index (χ2v) is 6.42. The van der Waals surface area contributed by atoms with Crippen LogP contribution in [0.15, 0.2) is 12.1 Å². The number of halogens is 1. The number of benzene rings is 1. The Morgan fingerprint density at radius 3 is 2.24 bits per heavy atom. The minimum atomic E-state index is -0.747. The van der Waals surface area contributed by atoms with Gasteiger partial charge in [0.05, 0.1) is 5.69 Å². The van der Waals surface area contributed by atoms with E-state index in [0.717, 1.165) is 22.4 Å². The van der Waals surface area contributed by atoms with Crippen molar-refractivity contribution >= 4 is 11.6 Å². The van der Waals surface area contributed by atoms with Crippen LogP contribution in [0.25, 0.3) is 0 Å². The van der Waals surface area contributed by atoms with Gasteiger partial charge >= 0.3 is 0 Å². The number of aryl methyl sites for hydroxylation is 4. The molecule has 2 aromatic rings. The standard InChI is InChI=1S/C17H23ClN2O/c1-9(2)15-14(17(18)20(6)19-15)16(21)13-8-11(4)10(3)7-12(13)5/h7-9,16,21H,1-6H3. The summed E-state index contributed by atoms with van der Waals surface area (Å²) in [6.07, 6.45) is -0.747. The van der Waals surface area contributed by atoms with Crippen molar-refractivity contribution in [1.29, 1.82) is 0 Å². The zero-order valence-corrected chi connectivity index (χ0v) is 14.3. The van der Waals surface area contributed by atoms with E-state index in [9.17, 15) is 5.11 Å². The first kappa shape index (κ1) is 16.1. The van der Waals surface area contributed by atoms with Crippen molar-refractivity contribution in [2.24, 2.45) is 7.05 Å². The molecule has 0 aliphatic rings. The minimum Gasteiger partial charge on any atom is -0.383 e. The van der Waals surface area contributed by atoms with E-state index >= 15 is 0 Å². The van der Waals surface area contributed by atoms with Crippen LogP contribution in [-0.4, -0.2) is 14.9 Å². The molecule has 0 bridgehead atoms. The average molecular weight is 307 g/mol. The highest BCUT2D eigenvalue weighted by Gasteiger charge is 2.25. The van der Waals surface area contributed by atoms with E-state index in [2.05, 4.69) is 38.9 Å². The minimum absolute atomic E-state index is 0.209. The van der Waals surface area contributed by atoms with Gasteiger partial charge in [0.2, 0.25) is 0 Å². The van der Waals surface area contributed by atoms with Crippen molar-refractivity contribution in [2.75, 3.05) is 0 Å². The number of hydrogen-bond donors (Lipinski definition) is 1. The third-order valence-corrected chi connectivity index (χ3v) is 4.49. The van der Waals surface area contributed by atoms with E-state index in [1.54, 1.807) is 11.7 Å². The maximum atomic E-state index is 10.9. The maximum absolute atomic E-state index is 10.9. The molecule has 0 aliphatic carbocycles. The lowest BCUT2D eigenvalue weighted by Gasteiger charge is -2.17. The molecule has 0 amide bonds. The molecule has 3 nitrogen and oxygen atoms in total. The molecule has 0 spiro atoms. The Bertz CT molecular complexity index is 674. The van der Waals surface area contributed by atoms with E-state index in [-0.39, 0.29) is 5.92 Å². The molecule has 0 aliphatic heterocycles. The highest BCUT2D eigenvalue weighted by Crippen LogP contribution is 2.36. The Labute approximate surface area is 131 Å². The van der Waals surface area contributed by atoms with Crippen LogP contribution in [-0.2, 0) is 7.05 Å². The van der Waals surface area contributed by atoms with E-state index in [4.69, 9.17) is 11.6 Å². The second kappa shape index (κ2) is 5.82. The van der Waals surface area contributed by atoms with Crippen LogP contribution in [0, 0.1) is 20.8 Å². The van der Waals surface area contributed by atoms with Gasteiger partial charge in [0.15, 0.2) is 0 Å². The summed E-state index contributed by atoms with van der Waals surface area (Å²) >= 11 is 6.37. The van der Waals surface area contributed by atoms with Gasteiger partial charge in [-0.25, -0.2) is 0 Å². The summed E-state index contributed by atoms with van der Waals surface area (Å²) < 4.78 is 1.63. The Morgan fingerprint density at radius 1 is 1.10 bits per heavy atom. The van der Waals surface area contributed by atoms with Crippen LogP contribution in [0.5, 0.6) is 0 Å². The molecule has 0 radical (unpaired) electrons. The predicted molar refractivity (Wildman–Crippen MR) is 87.0 cm³/mol. The zero-order valence-electron chi connectivity index (χ0n) is 13.5. The normalized spacial score (nSPS) is 13.0. The molecule has 1 heterocycles. The van der Waals surface area contributed by atoms with Crippen LogP contribution in [0.4, 0.5) is 0 Å². The number of rotatable bonds is 3. The Balaban J connectivity index is 2.60. The topological polar surface area (TPSA) is 38.1 Å². The molecular formula is C17H23ClN2O. The van der Waals surface area contributed by atoms with Gasteiger partial charge in [0.1, 0.15) is 11.3 Å². The van der Waals surface area contributed by atoms with Crippen molar-refractivity contribution in [3.63, 3.8) is 0 Å². The first-order chi connectivity index (χ1) is 9.73. The van der Waals surface area contributed by atoms with Gasteiger partial charge in [-0.15, -0.1) is 0 Å². The fraction of sp³-hybridized carbons (Fsp3) is 0.471. The fourth-order valence-electron chi connectivity index (χ4n) is 2.65. The summed E-state index contributed by atoms with van der Waals surface area (Å²) in [5.41, 5.74) is 5.94. The molecule has 0 saturated carbocycles. The smallest absolute Gasteiger partial charge is 0.133 e. The number of aromatic nitrogens is 2. The van der Waals surface area contributed by atoms with Crippen molar-refractivity contribution in [2.45, 2.75) is 46.6 Å². The lowest BCUT2D eigenvalue weighted by Crippen LogP contribution is -2.07. The molecule has 0 fully saturated rings. The number of aliphatic hydroxyl groups excluding tert-OH is 1. The van der Waals surface area contributed by atoms with Gasteiger partial charge < -0.3 is 5.11 Å². The molecule has 1 aromatic heterocycles. The van der Waals surface area contributed by atoms with Crippen molar-refractivity contribution in [1.82, 2.24) is 9.78 Å². The molecule has 1 unspecified atom stereocenters. The third-order valence-electron chi connectivity index (χ3n) is 4.04. The van der Waals surface area contributed by atoms with E-state index in [1.165, 1.54) is 11.1 Å². The van der Waals surface area contributed by atoms with Crippen LogP contribution < -0.4 is 0 Å². The van der Waals surface area contributed by atoms with Gasteiger partial charge in [-0.3, -0.25) is 4.68 Å². The lowest BCUT2D eigenvalue weighted by molar-refractivity contribution is 0.218. The van der Waals surface area contributed by atoms with Crippen molar-refractivity contribution in [3.05, 3.63) is 50.8 Å². The van der Waals surface area contributed by atoms with Gasteiger partial charge in [-0.2, -0.15) is 5.10 Å². The molecule has 1 atom stereocenters. The lowest BCUT2D eigenvalue weighted by atomic mass is 9.92. The van der Waals surface area contributed by atoms with E-state index in [0.29, 0.717) is 5.15 Å². The van der Waals surface area contributed by atoms with Crippen molar-refractivity contribution < 1.29 is 5.11 Å². The Morgan fingerprint density at radius 2 is 1.67 bits per heavy atom. The van der Waals surface area contributed by atoms with Crippen LogP contribution in [0.1, 0.15) is 59.4 Å². The van der Waals surface area contributed by atoms with Gasteiger partial charge in [0.25, 0.3) is 0 Å². The largest absolute Gasteiger partial charge is 0.383 e. The van der Waals surface area contributed by atoms with Gasteiger partial charge in [-0.05, 0) is 48.9 Å². The third kappa shape index (κ3) is 2.85. The molecule has 1 N–H and O–H groups in total. The van der Waals surface area contributed by atoms with Crippen molar-refractivity contribution in [3.8, 4) is 0 Å². The molecular weight excluding hydrogens is 284 g/mol. The van der Waals surface area contributed by atoms with Gasteiger partial charge in [0, 0.05) is 12.6 Å². The summed E-state index contributed by atoms with van der Waals surface area (Å²) in [6, 6.07) is 4.15. The number of aliphatic hydroxyl groups is 1. The van der Waals surface area contributed by atoms with E-state index in [1.807, 2.05) is 13.0 Å². The molecule has 2 rings (SSSR count). The maximum Gasteiger partial charge on any atom is 0.133 e. The summed E-state index contributed by atoms with van der Waals surface area (Å²) in [5, 5.41) is 15.8. The molecule has 4 heteroatoms. The quantitative estimate of drug-likeness (QED) is 0.922. The summed E-state index contributed by atoms with van der Waals surface area (Å²) in [6.45, 7) is 10.3. The molecule has 1 aromatic carbocycles. The first-order valence-corrected chi connectivity index (χ1v) is 7.59. The van der Waals surface area contributed by atoms with Gasteiger partial charge in [-0.1, -0.05) is 37.6 Å². The highest BCUT2D eigenvalue weighted by atomic mass is 35.5. The highest BCUT2D eigenvalue weighted by molar-refractivity contribution is 6.30. The SMILES string of the molecule is Cc1cc(C)c(C(O)c2c(C(C)C)nn(C)c2Cl)cc1C. The average Bonchev–Trinajstić information content (AvgIpc) is 2.70. The molecule has 21 heavy (non-hydrogen) atoms. The Hall–Kier alpha value is -1.32. The monoisotopic (exact) mass is 306 g/mol.